The molecule has 7 nitrogen and oxygen atoms in total. The van der Waals surface area contributed by atoms with Gasteiger partial charge in [-0.1, -0.05) is 0 Å². The number of thiazole rings is 1. The van der Waals surface area contributed by atoms with Gasteiger partial charge in [-0.2, -0.15) is 0 Å². The summed E-state index contributed by atoms with van der Waals surface area (Å²) in [5.74, 6) is 1.79. The molecule has 1 aliphatic rings. The van der Waals surface area contributed by atoms with Crippen molar-refractivity contribution < 1.29 is 4.74 Å². The second-order valence-electron chi connectivity index (χ2n) is 6.95. The fourth-order valence-electron chi connectivity index (χ4n) is 3.04. The molecule has 160 valence electrons. The predicted molar refractivity (Wildman–Crippen MR) is 131 cm³/mol. The lowest BCUT2D eigenvalue weighted by Crippen LogP contribution is -2.41. The fourth-order valence-corrected chi connectivity index (χ4v) is 3.92. The minimum Gasteiger partial charge on any atom is -0.375 e. The molecular weight excluding hydrogens is 499 g/mol. The largest absolute Gasteiger partial charge is 0.375 e. The van der Waals surface area contributed by atoms with Crippen LogP contribution in [0.3, 0.4) is 0 Å². The highest BCUT2D eigenvalue weighted by molar-refractivity contribution is 14.0. The smallest absolute Gasteiger partial charge is 0.191 e. The first-order valence-corrected chi connectivity index (χ1v) is 10.6. The summed E-state index contributed by atoms with van der Waals surface area (Å²) in [7, 11) is 0. The number of morpholine rings is 1. The van der Waals surface area contributed by atoms with Gasteiger partial charge in [0.25, 0.3) is 0 Å². The average Bonchev–Trinajstić information content (AvgIpc) is 3.02. The molecule has 9 heteroatoms. The van der Waals surface area contributed by atoms with E-state index in [-0.39, 0.29) is 30.1 Å². The normalized spacial score (nSPS) is 17.0. The van der Waals surface area contributed by atoms with Gasteiger partial charge < -0.3 is 20.3 Å². The molecule has 29 heavy (non-hydrogen) atoms. The maximum absolute atomic E-state index is 5.63. The number of pyridine rings is 1. The maximum Gasteiger partial charge on any atom is 0.191 e. The molecule has 0 bridgehead atoms. The maximum atomic E-state index is 5.63. The van der Waals surface area contributed by atoms with E-state index in [4.69, 9.17) is 9.73 Å². The van der Waals surface area contributed by atoms with Crippen molar-refractivity contribution in [1.82, 2.24) is 20.6 Å². The average molecular weight is 530 g/mol. The van der Waals surface area contributed by atoms with Crippen LogP contribution in [-0.4, -0.2) is 48.3 Å². The van der Waals surface area contributed by atoms with Crippen LogP contribution in [0.5, 0.6) is 0 Å². The number of hydrogen-bond donors (Lipinski definition) is 2. The standard InChI is InChI=1S/C20H30N6OS.HI/c1-5-21-20(24-12-19-25-15(3)16(4)28-19)23-11-17-6-7-22-18(10-17)26-8-9-27-14(2)13-26;/h6-7,10,14H,5,8-9,11-13H2,1-4H3,(H2,21,23,24);1H. The second kappa shape index (κ2) is 11.7. The molecule has 1 unspecified atom stereocenters. The van der Waals surface area contributed by atoms with Gasteiger partial charge in [-0.15, -0.1) is 35.3 Å². The molecule has 0 amide bonds. The number of hydrogen-bond acceptors (Lipinski definition) is 6. The molecule has 1 fully saturated rings. The number of halogens is 1. The molecule has 0 spiro atoms. The van der Waals surface area contributed by atoms with E-state index in [1.165, 1.54) is 4.88 Å². The Morgan fingerprint density at radius 3 is 2.90 bits per heavy atom. The van der Waals surface area contributed by atoms with Crippen LogP contribution >= 0.6 is 35.3 Å². The Labute approximate surface area is 194 Å². The van der Waals surface area contributed by atoms with E-state index in [0.717, 1.165) is 54.3 Å². The Morgan fingerprint density at radius 1 is 1.38 bits per heavy atom. The van der Waals surface area contributed by atoms with Gasteiger partial charge in [0, 0.05) is 30.7 Å². The van der Waals surface area contributed by atoms with E-state index in [0.29, 0.717) is 13.1 Å². The molecule has 1 saturated heterocycles. The third kappa shape index (κ3) is 7.07. The lowest BCUT2D eigenvalue weighted by Gasteiger charge is -2.32. The van der Waals surface area contributed by atoms with E-state index in [9.17, 15) is 0 Å². The molecular formula is C20H31IN6OS. The topological polar surface area (TPSA) is 74.7 Å². The summed E-state index contributed by atoms with van der Waals surface area (Å²) in [6, 6.07) is 4.15. The molecule has 0 aromatic carbocycles. The number of nitrogens with one attached hydrogen (secondary N) is 2. The zero-order chi connectivity index (χ0) is 19.9. The lowest BCUT2D eigenvalue weighted by molar-refractivity contribution is 0.0529. The van der Waals surface area contributed by atoms with Crippen LogP contribution in [0.2, 0.25) is 0 Å². The van der Waals surface area contributed by atoms with Crippen LogP contribution in [0.15, 0.2) is 23.3 Å². The van der Waals surface area contributed by atoms with Crippen molar-refractivity contribution in [2.75, 3.05) is 31.1 Å². The van der Waals surface area contributed by atoms with Crippen molar-refractivity contribution in [3.63, 3.8) is 0 Å². The number of aryl methyl sites for hydroxylation is 2. The first-order valence-electron chi connectivity index (χ1n) is 9.81. The van der Waals surface area contributed by atoms with Gasteiger partial charge in [0.2, 0.25) is 0 Å². The summed E-state index contributed by atoms with van der Waals surface area (Å²) in [6.45, 7) is 12.9. The zero-order valence-electron chi connectivity index (χ0n) is 17.6. The van der Waals surface area contributed by atoms with E-state index in [2.05, 4.69) is 52.3 Å². The third-order valence-electron chi connectivity index (χ3n) is 4.62. The molecule has 0 saturated carbocycles. The monoisotopic (exact) mass is 530 g/mol. The molecule has 2 N–H and O–H groups in total. The summed E-state index contributed by atoms with van der Waals surface area (Å²) in [5.41, 5.74) is 2.24. The highest BCUT2D eigenvalue weighted by Gasteiger charge is 2.18. The lowest BCUT2D eigenvalue weighted by atomic mass is 10.2. The third-order valence-corrected chi connectivity index (χ3v) is 5.69. The Bertz CT molecular complexity index is 793. The van der Waals surface area contributed by atoms with E-state index in [1.807, 2.05) is 19.2 Å². The number of rotatable bonds is 6. The predicted octanol–water partition coefficient (Wildman–Crippen LogP) is 3.25. The van der Waals surface area contributed by atoms with Crippen LogP contribution in [0.4, 0.5) is 5.82 Å². The molecule has 1 aliphatic heterocycles. The Kier molecular flexibility index (Phi) is 9.57. The van der Waals surface area contributed by atoms with Crippen molar-refractivity contribution in [2.24, 2.45) is 4.99 Å². The van der Waals surface area contributed by atoms with Gasteiger partial charge in [0.15, 0.2) is 5.96 Å². The van der Waals surface area contributed by atoms with Gasteiger partial charge >= 0.3 is 0 Å². The van der Waals surface area contributed by atoms with Crippen molar-refractivity contribution in [2.45, 2.75) is 46.9 Å². The highest BCUT2D eigenvalue weighted by atomic mass is 127. The minimum atomic E-state index is 0. The van der Waals surface area contributed by atoms with E-state index >= 15 is 0 Å². The van der Waals surface area contributed by atoms with Gasteiger partial charge in [-0.05, 0) is 45.4 Å². The molecule has 2 aromatic heterocycles. The SMILES string of the molecule is CCNC(=NCc1ccnc(N2CCOC(C)C2)c1)NCc1nc(C)c(C)s1.I. The number of nitrogens with zero attached hydrogens (tertiary/aromatic N) is 4. The molecule has 3 rings (SSSR count). The highest BCUT2D eigenvalue weighted by Crippen LogP contribution is 2.17. The number of anilines is 1. The molecule has 0 aliphatic carbocycles. The second-order valence-corrected chi connectivity index (χ2v) is 8.24. The fraction of sp³-hybridized carbons (Fsp3) is 0.550. The summed E-state index contributed by atoms with van der Waals surface area (Å²) in [6.07, 6.45) is 2.10. The first kappa shape index (κ1) is 23.8. The van der Waals surface area contributed by atoms with Crippen LogP contribution in [-0.2, 0) is 17.8 Å². The van der Waals surface area contributed by atoms with Crippen LogP contribution in [0, 0.1) is 13.8 Å². The van der Waals surface area contributed by atoms with Crippen molar-refractivity contribution in [1.29, 1.82) is 0 Å². The number of ether oxygens (including phenoxy) is 1. The Balaban J connectivity index is 0.00000300. The van der Waals surface area contributed by atoms with Gasteiger partial charge in [-0.3, -0.25) is 0 Å². The summed E-state index contributed by atoms with van der Waals surface area (Å²) < 4.78 is 5.63. The van der Waals surface area contributed by atoms with Crippen LogP contribution in [0.1, 0.15) is 35.0 Å². The first-order chi connectivity index (χ1) is 13.5. The van der Waals surface area contributed by atoms with E-state index < -0.39 is 0 Å². The molecule has 3 heterocycles. The molecule has 0 radical (unpaired) electrons. The number of aliphatic imine (C=N–C) groups is 1. The van der Waals surface area contributed by atoms with Crippen molar-refractivity contribution in [3.8, 4) is 0 Å². The van der Waals surface area contributed by atoms with Gasteiger partial charge in [-0.25, -0.2) is 15.0 Å². The Morgan fingerprint density at radius 2 is 2.21 bits per heavy atom. The molecule has 1 atom stereocenters. The quantitative estimate of drug-likeness (QED) is 0.340. The number of aromatic nitrogens is 2. The van der Waals surface area contributed by atoms with Gasteiger partial charge in [0.1, 0.15) is 10.8 Å². The van der Waals surface area contributed by atoms with E-state index in [1.54, 1.807) is 11.3 Å². The van der Waals surface area contributed by atoms with Crippen LogP contribution in [0.25, 0.3) is 0 Å². The minimum absolute atomic E-state index is 0. The number of guanidine groups is 1. The molecule has 2 aromatic rings. The summed E-state index contributed by atoms with van der Waals surface area (Å²) in [5, 5.41) is 7.75. The summed E-state index contributed by atoms with van der Waals surface area (Å²) in [4.78, 5) is 17.4. The van der Waals surface area contributed by atoms with Gasteiger partial charge in [0.05, 0.1) is 31.5 Å². The zero-order valence-corrected chi connectivity index (χ0v) is 20.7. The van der Waals surface area contributed by atoms with Crippen molar-refractivity contribution >= 4 is 47.1 Å². The van der Waals surface area contributed by atoms with Crippen LogP contribution < -0.4 is 15.5 Å². The summed E-state index contributed by atoms with van der Waals surface area (Å²) >= 11 is 1.73. The Hall–Kier alpha value is -1.46. The van der Waals surface area contributed by atoms with Crippen molar-refractivity contribution in [3.05, 3.63) is 39.5 Å².